The van der Waals surface area contributed by atoms with E-state index in [2.05, 4.69) is 20.9 Å². The van der Waals surface area contributed by atoms with Crippen molar-refractivity contribution in [1.82, 2.24) is 10.6 Å². The predicted molar refractivity (Wildman–Crippen MR) is 163 cm³/mol. The first kappa shape index (κ1) is 34.6. The number of halogens is 3. The molecule has 240 valence electrons. The number of carbonyl (C=O) groups is 3. The zero-order valence-electron chi connectivity index (χ0n) is 25.5. The number of aliphatic imine (C=N–C) groups is 1. The van der Waals surface area contributed by atoms with Crippen LogP contribution in [-0.4, -0.2) is 48.8 Å². The maximum atomic E-state index is 13.8. The molecule has 1 aliphatic rings. The van der Waals surface area contributed by atoms with Crippen molar-refractivity contribution in [2.24, 2.45) is 4.99 Å². The van der Waals surface area contributed by atoms with Crippen molar-refractivity contribution >= 4 is 41.4 Å². The number of nitrogens with one attached hydrogen (secondary N) is 3. The molecule has 3 rings (SSSR count). The second-order valence-corrected chi connectivity index (χ2v) is 12.1. The smallest absolute Gasteiger partial charge is 0.414 e. The molecule has 0 radical (unpaired) electrons. The van der Waals surface area contributed by atoms with E-state index in [0.717, 1.165) is 5.56 Å². The van der Waals surface area contributed by atoms with Crippen LogP contribution in [0.15, 0.2) is 53.5 Å². The number of rotatable bonds is 8. The van der Waals surface area contributed by atoms with E-state index < -0.39 is 41.3 Å². The Labute approximate surface area is 260 Å². The summed E-state index contributed by atoms with van der Waals surface area (Å²) in [6.07, 6.45) is -2.39. The van der Waals surface area contributed by atoms with Crippen LogP contribution in [-0.2, 0) is 31.2 Å². The fraction of sp³-hybridized carbons (Fsp3) is 0.484. The topological polar surface area (TPSA) is 127 Å². The summed E-state index contributed by atoms with van der Waals surface area (Å²) < 4.78 is 43.3. The van der Waals surface area contributed by atoms with Gasteiger partial charge in [0.2, 0.25) is 11.9 Å². The average molecular weight is 637 g/mol. The average Bonchev–Trinajstić information content (AvgIpc) is 2.93. The van der Waals surface area contributed by atoms with Crippen LogP contribution in [0.3, 0.4) is 0 Å². The van der Waals surface area contributed by atoms with Gasteiger partial charge in [0, 0.05) is 12.8 Å². The number of nitrogens with zero attached hydrogens (tertiary/aromatic N) is 1. The standard InChI is InChI=1S/C31H39ClF2N4O6/c1-29(2,3)44-28(41)37-26(35-21-14-16-31(33,34)17-15-21)38-30(4,18-24(39)42-5)22-12-9-13-23(25(22)32)36-27(40)43-19-20-10-7-6-8-11-20/h6-13,21H,14-19H2,1-5H3,(H,36,40)(H2,35,37,38,41). The predicted octanol–water partition coefficient (Wildman–Crippen LogP) is 6.92. The fourth-order valence-electron chi connectivity index (χ4n) is 4.59. The number of anilines is 1. The third-order valence-corrected chi connectivity index (χ3v) is 7.19. The fourth-order valence-corrected chi connectivity index (χ4v) is 4.97. The zero-order valence-corrected chi connectivity index (χ0v) is 26.2. The number of guanidine groups is 1. The molecule has 3 N–H and O–H groups in total. The Morgan fingerprint density at radius 1 is 1.00 bits per heavy atom. The Bertz CT molecular complexity index is 1340. The lowest BCUT2D eigenvalue weighted by atomic mass is 9.88. The van der Waals surface area contributed by atoms with E-state index in [4.69, 9.17) is 25.8 Å². The van der Waals surface area contributed by atoms with Gasteiger partial charge in [-0.25, -0.2) is 23.4 Å². The molecule has 0 aromatic heterocycles. The van der Waals surface area contributed by atoms with Gasteiger partial charge in [-0.15, -0.1) is 0 Å². The normalized spacial score (nSPS) is 16.7. The van der Waals surface area contributed by atoms with Gasteiger partial charge in [0.25, 0.3) is 0 Å². The summed E-state index contributed by atoms with van der Waals surface area (Å²) in [6, 6.07) is 13.4. The second kappa shape index (κ2) is 14.7. The number of ether oxygens (including phenoxy) is 3. The van der Waals surface area contributed by atoms with Crippen molar-refractivity contribution < 1.29 is 37.4 Å². The Morgan fingerprint density at radius 2 is 1.66 bits per heavy atom. The molecule has 2 aromatic rings. The van der Waals surface area contributed by atoms with Gasteiger partial charge in [-0.2, -0.15) is 0 Å². The summed E-state index contributed by atoms with van der Waals surface area (Å²) in [5.41, 5.74) is -0.867. The third kappa shape index (κ3) is 10.7. The number of alkyl halides is 2. The van der Waals surface area contributed by atoms with Gasteiger partial charge in [0.1, 0.15) is 12.2 Å². The van der Waals surface area contributed by atoms with E-state index in [1.165, 1.54) is 7.11 Å². The molecular weight excluding hydrogens is 598 g/mol. The number of methoxy groups -OCH3 is 1. The van der Waals surface area contributed by atoms with E-state index in [1.54, 1.807) is 45.9 Å². The van der Waals surface area contributed by atoms with Crippen LogP contribution < -0.4 is 16.0 Å². The van der Waals surface area contributed by atoms with Crippen molar-refractivity contribution in [2.45, 2.75) is 89.5 Å². The number of hydrogen-bond acceptors (Lipinski definition) is 7. The van der Waals surface area contributed by atoms with Crippen molar-refractivity contribution in [2.75, 3.05) is 12.4 Å². The van der Waals surface area contributed by atoms with Gasteiger partial charge in [0.05, 0.1) is 35.8 Å². The van der Waals surface area contributed by atoms with Gasteiger partial charge >= 0.3 is 18.2 Å². The van der Waals surface area contributed by atoms with Gasteiger partial charge in [-0.05, 0) is 57.7 Å². The molecule has 1 aliphatic carbocycles. The molecule has 0 spiro atoms. The van der Waals surface area contributed by atoms with Crippen molar-refractivity contribution in [3.8, 4) is 0 Å². The third-order valence-electron chi connectivity index (χ3n) is 6.78. The summed E-state index contributed by atoms with van der Waals surface area (Å²) in [5, 5.41) is 8.35. The number of amides is 2. The first-order valence-electron chi connectivity index (χ1n) is 14.2. The number of benzene rings is 2. The molecule has 1 unspecified atom stereocenters. The Kier molecular flexibility index (Phi) is 11.5. The summed E-state index contributed by atoms with van der Waals surface area (Å²) >= 11 is 6.78. The maximum absolute atomic E-state index is 13.8. The van der Waals surface area contributed by atoms with E-state index in [9.17, 15) is 23.2 Å². The molecule has 0 saturated heterocycles. The van der Waals surface area contributed by atoms with Crippen LogP contribution in [0.25, 0.3) is 0 Å². The van der Waals surface area contributed by atoms with Gasteiger partial charge in [-0.1, -0.05) is 54.1 Å². The highest BCUT2D eigenvalue weighted by Gasteiger charge is 2.37. The first-order chi connectivity index (χ1) is 20.6. The molecule has 2 aromatic carbocycles. The lowest BCUT2D eigenvalue weighted by Crippen LogP contribution is -2.53. The maximum Gasteiger partial charge on any atom is 0.414 e. The monoisotopic (exact) mass is 636 g/mol. The minimum absolute atomic E-state index is 0.0366. The molecule has 44 heavy (non-hydrogen) atoms. The lowest BCUT2D eigenvalue weighted by Gasteiger charge is -2.34. The highest BCUT2D eigenvalue weighted by atomic mass is 35.5. The SMILES string of the molecule is COC(=O)CC(C)(NC(=NC1CCC(F)(F)CC1)NC(=O)OC(C)(C)C)c1cccc(NC(=O)OCc2ccccc2)c1Cl. The highest BCUT2D eigenvalue weighted by molar-refractivity contribution is 6.34. The first-order valence-corrected chi connectivity index (χ1v) is 14.5. The van der Waals surface area contributed by atoms with Crippen LogP contribution in [0.1, 0.15) is 70.9 Å². The quantitative estimate of drug-likeness (QED) is 0.124. The summed E-state index contributed by atoms with van der Waals surface area (Å²) in [6.45, 7) is 6.72. The van der Waals surface area contributed by atoms with Crippen molar-refractivity contribution in [3.05, 3.63) is 64.7 Å². The molecule has 2 amide bonds. The van der Waals surface area contributed by atoms with E-state index >= 15 is 0 Å². The van der Waals surface area contributed by atoms with E-state index in [0.29, 0.717) is 5.56 Å². The molecule has 0 bridgehead atoms. The number of esters is 1. The number of alkyl carbamates (subject to hydrolysis) is 1. The number of hydrogen-bond donors (Lipinski definition) is 3. The van der Waals surface area contributed by atoms with Crippen LogP contribution >= 0.6 is 11.6 Å². The summed E-state index contributed by atoms with van der Waals surface area (Å²) in [4.78, 5) is 42.5. The van der Waals surface area contributed by atoms with Gasteiger partial charge < -0.3 is 19.5 Å². The summed E-state index contributed by atoms with van der Waals surface area (Å²) in [5.74, 6) is -3.50. The molecule has 1 atom stereocenters. The highest BCUT2D eigenvalue weighted by Crippen LogP contribution is 2.37. The second-order valence-electron chi connectivity index (χ2n) is 11.8. The summed E-state index contributed by atoms with van der Waals surface area (Å²) in [7, 11) is 1.22. The zero-order chi connectivity index (χ0) is 32.5. The van der Waals surface area contributed by atoms with Gasteiger partial charge in [-0.3, -0.25) is 15.4 Å². The molecule has 1 saturated carbocycles. The number of carbonyl (C=O) groups excluding carboxylic acids is 3. The molecule has 1 fully saturated rings. The van der Waals surface area contributed by atoms with Gasteiger partial charge in [0.15, 0.2) is 0 Å². The molecule has 0 heterocycles. The molecule has 0 aliphatic heterocycles. The molecule has 10 nitrogen and oxygen atoms in total. The van der Waals surface area contributed by atoms with Crippen LogP contribution in [0.2, 0.25) is 5.02 Å². The Hall–Kier alpha value is -3.93. The van der Waals surface area contributed by atoms with E-state index in [1.807, 2.05) is 30.3 Å². The van der Waals surface area contributed by atoms with Crippen molar-refractivity contribution in [1.29, 1.82) is 0 Å². The Balaban J connectivity index is 1.92. The molecular formula is C31H39ClF2N4O6. The molecule has 13 heteroatoms. The largest absolute Gasteiger partial charge is 0.469 e. The van der Waals surface area contributed by atoms with Crippen LogP contribution in [0.4, 0.5) is 24.1 Å². The van der Waals surface area contributed by atoms with E-state index in [-0.39, 0.29) is 55.4 Å². The van der Waals surface area contributed by atoms with Crippen LogP contribution in [0.5, 0.6) is 0 Å². The van der Waals surface area contributed by atoms with Crippen LogP contribution in [0, 0.1) is 0 Å². The minimum Gasteiger partial charge on any atom is -0.469 e. The Morgan fingerprint density at radius 3 is 2.27 bits per heavy atom. The van der Waals surface area contributed by atoms with Crippen molar-refractivity contribution in [3.63, 3.8) is 0 Å². The minimum atomic E-state index is -2.78. The lowest BCUT2D eigenvalue weighted by molar-refractivity contribution is -0.142.